The number of halogens is 1. The number of alkyl halides is 1. The van der Waals surface area contributed by atoms with E-state index in [1.54, 1.807) is 0 Å². The topological polar surface area (TPSA) is 12.9 Å². The normalized spacial score (nSPS) is 9.64. The molecule has 0 atom stereocenters. The zero-order valence-corrected chi connectivity index (χ0v) is 7.23. The van der Waals surface area contributed by atoms with Gasteiger partial charge in [-0.05, 0) is 24.6 Å². The molecule has 0 aliphatic heterocycles. The second-order valence-electron chi connectivity index (χ2n) is 2.40. The van der Waals surface area contributed by atoms with Crippen LogP contribution in [0.3, 0.4) is 0 Å². The highest BCUT2D eigenvalue weighted by Gasteiger charge is 1.97. The van der Waals surface area contributed by atoms with Crippen molar-refractivity contribution in [1.82, 2.24) is 4.98 Å². The van der Waals surface area contributed by atoms with Crippen LogP contribution in [0.5, 0.6) is 0 Å². The number of hydrogen-bond acceptors (Lipinski definition) is 1. The molecule has 1 rings (SSSR count). The van der Waals surface area contributed by atoms with Crippen molar-refractivity contribution in [2.75, 3.05) is 5.88 Å². The third-order valence-corrected chi connectivity index (χ3v) is 1.73. The molecule has 0 spiro atoms. The Hall–Kier alpha value is -0.820. The van der Waals surface area contributed by atoms with Gasteiger partial charge >= 0.3 is 0 Å². The Balaban J connectivity index is 2.96. The van der Waals surface area contributed by atoms with Crippen molar-refractivity contribution >= 4 is 17.2 Å². The van der Waals surface area contributed by atoms with Crippen molar-refractivity contribution in [2.45, 2.75) is 6.92 Å². The van der Waals surface area contributed by atoms with Gasteiger partial charge in [-0.25, -0.2) is 0 Å². The number of nitrogens with zero attached hydrogens (tertiary/aromatic N) is 1. The molecule has 0 radical (unpaired) electrons. The van der Waals surface area contributed by atoms with Gasteiger partial charge < -0.3 is 0 Å². The minimum absolute atomic E-state index is 0.441. The summed E-state index contributed by atoms with van der Waals surface area (Å²) >= 11 is 5.60. The van der Waals surface area contributed by atoms with Gasteiger partial charge in [0.05, 0.1) is 5.69 Å². The Bertz CT molecular complexity index is 268. The highest BCUT2D eigenvalue weighted by molar-refractivity contribution is 6.22. The molecular weight excluding hydrogens is 158 g/mol. The maximum absolute atomic E-state index is 5.60. The maximum Gasteiger partial charge on any atom is 0.0671 e. The molecule has 1 heterocycles. The maximum atomic E-state index is 5.60. The summed E-state index contributed by atoms with van der Waals surface area (Å²) in [4.78, 5) is 4.26. The van der Waals surface area contributed by atoms with Crippen LogP contribution in [0.1, 0.15) is 11.4 Å². The lowest BCUT2D eigenvalue weighted by atomic mass is 10.2. The summed E-state index contributed by atoms with van der Waals surface area (Å²) < 4.78 is 0. The lowest BCUT2D eigenvalue weighted by Crippen LogP contribution is -1.90. The lowest BCUT2D eigenvalue weighted by Gasteiger charge is -2.00. The van der Waals surface area contributed by atoms with E-state index < -0.39 is 0 Å². The van der Waals surface area contributed by atoms with Gasteiger partial charge in [0.25, 0.3) is 0 Å². The minimum Gasteiger partial charge on any atom is -0.253 e. The van der Waals surface area contributed by atoms with Gasteiger partial charge in [-0.1, -0.05) is 12.6 Å². The van der Waals surface area contributed by atoms with Crippen molar-refractivity contribution in [3.8, 4) is 0 Å². The molecule has 2 heteroatoms. The predicted molar refractivity (Wildman–Crippen MR) is 48.7 cm³/mol. The number of aryl methyl sites for hydroxylation is 1. The van der Waals surface area contributed by atoms with Gasteiger partial charge in [0.1, 0.15) is 0 Å². The Kier molecular flexibility index (Phi) is 2.66. The van der Waals surface area contributed by atoms with E-state index in [9.17, 15) is 0 Å². The van der Waals surface area contributed by atoms with Crippen LogP contribution >= 0.6 is 11.6 Å². The van der Waals surface area contributed by atoms with Crippen molar-refractivity contribution in [2.24, 2.45) is 0 Å². The lowest BCUT2D eigenvalue weighted by molar-refractivity contribution is 1.17. The van der Waals surface area contributed by atoms with E-state index in [-0.39, 0.29) is 0 Å². The molecule has 0 aliphatic rings. The quantitative estimate of drug-likeness (QED) is 0.618. The fourth-order valence-electron chi connectivity index (χ4n) is 0.808. The van der Waals surface area contributed by atoms with E-state index in [1.807, 2.05) is 25.1 Å². The molecule has 0 aromatic carbocycles. The smallest absolute Gasteiger partial charge is 0.0671 e. The second-order valence-corrected chi connectivity index (χ2v) is 2.67. The fourth-order valence-corrected chi connectivity index (χ4v) is 0.945. The summed E-state index contributed by atoms with van der Waals surface area (Å²) in [5.74, 6) is 0.441. The summed E-state index contributed by atoms with van der Waals surface area (Å²) in [6.45, 7) is 5.74. The summed E-state index contributed by atoms with van der Waals surface area (Å²) in [5.41, 5.74) is 2.75. The molecule has 1 nitrogen and oxygen atoms in total. The third-order valence-electron chi connectivity index (χ3n) is 1.41. The van der Waals surface area contributed by atoms with Crippen LogP contribution in [-0.4, -0.2) is 10.9 Å². The van der Waals surface area contributed by atoms with Gasteiger partial charge in [-0.3, -0.25) is 4.98 Å². The van der Waals surface area contributed by atoms with Crippen LogP contribution in [0, 0.1) is 6.92 Å². The Morgan fingerprint density at radius 1 is 1.64 bits per heavy atom. The van der Waals surface area contributed by atoms with Crippen molar-refractivity contribution < 1.29 is 0 Å². The average molecular weight is 168 g/mol. The van der Waals surface area contributed by atoms with E-state index in [0.717, 1.165) is 17.0 Å². The van der Waals surface area contributed by atoms with Crippen LogP contribution in [0.4, 0.5) is 0 Å². The van der Waals surface area contributed by atoms with Gasteiger partial charge in [-0.15, -0.1) is 11.6 Å². The first-order chi connectivity index (χ1) is 5.24. The fraction of sp³-hybridized carbons (Fsp3) is 0.222. The molecule has 0 saturated heterocycles. The van der Waals surface area contributed by atoms with Crippen molar-refractivity contribution in [1.29, 1.82) is 0 Å². The number of allylic oxidation sites excluding steroid dienone is 1. The van der Waals surface area contributed by atoms with E-state index in [4.69, 9.17) is 11.6 Å². The van der Waals surface area contributed by atoms with E-state index in [2.05, 4.69) is 11.6 Å². The molecule has 0 N–H and O–H groups in total. The van der Waals surface area contributed by atoms with Crippen LogP contribution in [0.2, 0.25) is 0 Å². The molecule has 0 unspecified atom stereocenters. The molecule has 58 valence electrons. The van der Waals surface area contributed by atoms with Gasteiger partial charge in [0, 0.05) is 11.6 Å². The first kappa shape index (κ1) is 8.28. The summed E-state index contributed by atoms with van der Waals surface area (Å²) in [6.07, 6.45) is 0. The van der Waals surface area contributed by atoms with Crippen molar-refractivity contribution in [3.63, 3.8) is 0 Å². The molecule has 0 fully saturated rings. The third kappa shape index (κ3) is 2.05. The van der Waals surface area contributed by atoms with E-state index in [0.29, 0.717) is 5.88 Å². The monoisotopic (exact) mass is 167 g/mol. The van der Waals surface area contributed by atoms with E-state index in [1.165, 1.54) is 0 Å². The SMILES string of the molecule is C=C(CCl)c1cccc(C)n1. The molecule has 1 aromatic rings. The zero-order valence-electron chi connectivity index (χ0n) is 6.47. The summed E-state index contributed by atoms with van der Waals surface area (Å²) in [5, 5.41) is 0. The average Bonchev–Trinajstić information content (AvgIpc) is 2.03. The van der Waals surface area contributed by atoms with Crippen molar-refractivity contribution in [3.05, 3.63) is 36.2 Å². The molecule has 0 amide bonds. The first-order valence-electron chi connectivity index (χ1n) is 3.42. The summed E-state index contributed by atoms with van der Waals surface area (Å²) in [6, 6.07) is 5.82. The standard InChI is InChI=1S/C9H10ClN/c1-7(6-10)9-5-3-4-8(2)11-9/h3-5H,1,6H2,2H3. The minimum atomic E-state index is 0.441. The number of aromatic nitrogens is 1. The number of pyridine rings is 1. The summed E-state index contributed by atoms with van der Waals surface area (Å²) in [7, 11) is 0. The molecular formula is C9H10ClN. The number of rotatable bonds is 2. The number of hydrogen-bond donors (Lipinski definition) is 0. The molecule has 1 aromatic heterocycles. The van der Waals surface area contributed by atoms with Crippen LogP contribution < -0.4 is 0 Å². The highest BCUT2D eigenvalue weighted by Crippen LogP contribution is 2.10. The van der Waals surface area contributed by atoms with Crippen LogP contribution in [-0.2, 0) is 0 Å². The van der Waals surface area contributed by atoms with Gasteiger partial charge in [0.15, 0.2) is 0 Å². The van der Waals surface area contributed by atoms with Gasteiger partial charge in [-0.2, -0.15) is 0 Å². The van der Waals surface area contributed by atoms with Crippen LogP contribution in [0.15, 0.2) is 24.8 Å². The largest absolute Gasteiger partial charge is 0.253 e. The van der Waals surface area contributed by atoms with Crippen LogP contribution in [0.25, 0.3) is 5.57 Å². The zero-order chi connectivity index (χ0) is 8.27. The van der Waals surface area contributed by atoms with Gasteiger partial charge in [0.2, 0.25) is 0 Å². The Labute approximate surface area is 71.7 Å². The van der Waals surface area contributed by atoms with E-state index >= 15 is 0 Å². The second kappa shape index (κ2) is 3.54. The Morgan fingerprint density at radius 3 is 2.91 bits per heavy atom. The Morgan fingerprint density at radius 2 is 2.36 bits per heavy atom. The highest BCUT2D eigenvalue weighted by atomic mass is 35.5. The predicted octanol–water partition coefficient (Wildman–Crippen LogP) is 2.64. The molecule has 11 heavy (non-hydrogen) atoms. The molecule has 0 bridgehead atoms. The molecule has 0 saturated carbocycles. The first-order valence-corrected chi connectivity index (χ1v) is 3.95. The molecule has 0 aliphatic carbocycles.